The third-order valence-corrected chi connectivity index (χ3v) is 9.19. The number of aromatic nitrogens is 4. The predicted molar refractivity (Wildman–Crippen MR) is 158 cm³/mol. The number of piperazine rings is 1. The van der Waals surface area contributed by atoms with Crippen molar-refractivity contribution in [2.45, 2.75) is 45.0 Å². The van der Waals surface area contributed by atoms with Crippen LogP contribution in [0.4, 0.5) is 4.79 Å². The number of hydrogen-bond donors (Lipinski definition) is 0. The molecule has 1 amide bonds. The molecule has 214 valence electrons. The molecule has 2 saturated heterocycles. The number of carbonyl (C=O) groups is 1. The molecule has 0 spiro atoms. The minimum absolute atomic E-state index is 0.139. The van der Waals surface area contributed by atoms with Gasteiger partial charge in [0.15, 0.2) is 0 Å². The van der Waals surface area contributed by atoms with Gasteiger partial charge in [-0.05, 0) is 42.4 Å². The van der Waals surface area contributed by atoms with Gasteiger partial charge in [0.05, 0.1) is 22.9 Å². The number of amides is 1. The van der Waals surface area contributed by atoms with Gasteiger partial charge in [0.2, 0.25) is 5.88 Å². The zero-order chi connectivity index (χ0) is 28.4. The summed E-state index contributed by atoms with van der Waals surface area (Å²) in [5, 5.41) is 5.42. The van der Waals surface area contributed by atoms with Gasteiger partial charge in [0, 0.05) is 70.3 Å². The molecule has 2 aliphatic rings. The van der Waals surface area contributed by atoms with E-state index < -0.39 is 8.07 Å². The van der Waals surface area contributed by atoms with Crippen molar-refractivity contribution in [3.63, 3.8) is 0 Å². The summed E-state index contributed by atoms with van der Waals surface area (Å²) in [5.41, 5.74) is 3.82. The fourth-order valence-electron chi connectivity index (χ4n) is 5.15. The van der Waals surface area contributed by atoms with Gasteiger partial charge in [0.1, 0.15) is 19.1 Å². The number of fused-ring (bicyclic) bond motifs is 2. The molecule has 0 saturated carbocycles. The van der Waals surface area contributed by atoms with Crippen LogP contribution >= 0.6 is 0 Å². The summed E-state index contributed by atoms with van der Waals surface area (Å²) in [4.78, 5) is 25.3. The number of nitrogens with zero attached hydrogens (tertiary/aromatic N) is 6. The van der Waals surface area contributed by atoms with E-state index in [0.717, 1.165) is 60.1 Å². The smallest absolute Gasteiger partial charge is 0.410 e. The van der Waals surface area contributed by atoms with Crippen LogP contribution in [0, 0.1) is 0 Å². The highest BCUT2D eigenvalue weighted by molar-refractivity contribution is 6.76. The molecule has 0 radical (unpaired) electrons. The Morgan fingerprint density at radius 3 is 2.80 bits per heavy atom. The summed E-state index contributed by atoms with van der Waals surface area (Å²) in [7, 11) is -1.12. The van der Waals surface area contributed by atoms with Crippen LogP contribution in [0.1, 0.15) is 5.69 Å². The first-order chi connectivity index (χ1) is 19.8. The van der Waals surface area contributed by atoms with E-state index in [1.165, 1.54) is 0 Å². The Balaban J connectivity index is 1.06. The van der Waals surface area contributed by atoms with E-state index in [1.54, 1.807) is 12.4 Å². The van der Waals surface area contributed by atoms with Crippen molar-refractivity contribution in [1.82, 2.24) is 29.5 Å². The average Bonchev–Trinajstić information content (AvgIpc) is 3.57. The molecule has 3 aromatic heterocycles. The van der Waals surface area contributed by atoms with Gasteiger partial charge in [-0.25, -0.2) is 14.5 Å². The van der Waals surface area contributed by atoms with Crippen molar-refractivity contribution in [1.29, 1.82) is 0 Å². The summed E-state index contributed by atoms with van der Waals surface area (Å²) in [6.07, 6.45) is 3.39. The molecule has 1 atom stereocenters. The molecule has 1 aromatic carbocycles. The zero-order valence-corrected chi connectivity index (χ0v) is 24.8. The number of cyclic esters (lactones) is 1. The van der Waals surface area contributed by atoms with Gasteiger partial charge in [0.25, 0.3) is 0 Å². The number of carbonyl (C=O) groups excluding carboxylic acids is 1. The van der Waals surface area contributed by atoms with Gasteiger partial charge in [-0.3, -0.25) is 14.8 Å². The van der Waals surface area contributed by atoms with E-state index in [0.29, 0.717) is 31.5 Å². The molecule has 0 aliphatic carbocycles. The Bertz CT molecular complexity index is 1520. The lowest BCUT2D eigenvalue weighted by molar-refractivity contribution is 0.0798. The Hall–Kier alpha value is -3.80. The molecule has 41 heavy (non-hydrogen) atoms. The third-order valence-electron chi connectivity index (χ3n) is 7.49. The maximum atomic E-state index is 11.8. The van der Waals surface area contributed by atoms with Crippen LogP contribution in [-0.4, -0.2) is 82.6 Å². The molecular formula is C30H36N6O4Si. The maximum absolute atomic E-state index is 11.8. The fourth-order valence-corrected chi connectivity index (χ4v) is 5.90. The first kappa shape index (κ1) is 27.4. The van der Waals surface area contributed by atoms with Gasteiger partial charge in [-0.15, -0.1) is 0 Å². The van der Waals surface area contributed by atoms with E-state index in [1.807, 2.05) is 46.0 Å². The number of benzene rings is 1. The van der Waals surface area contributed by atoms with Crippen LogP contribution < -0.4 is 4.74 Å². The first-order valence-electron chi connectivity index (χ1n) is 14.1. The van der Waals surface area contributed by atoms with E-state index in [4.69, 9.17) is 19.2 Å². The van der Waals surface area contributed by atoms with Crippen molar-refractivity contribution in [3.8, 4) is 22.9 Å². The highest BCUT2D eigenvalue weighted by Crippen LogP contribution is 2.27. The SMILES string of the molecule is C[Si](C)(C)CCOCn1nccc1-c1ccc(Oc2ccc3nc(CN4CCN5C(=O)OCC5C4)ccc3c2)nc1. The van der Waals surface area contributed by atoms with Gasteiger partial charge in [-0.1, -0.05) is 25.7 Å². The molecule has 4 aromatic rings. The topological polar surface area (TPSA) is 94.8 Å². The van der Waals surface area contributed by atoms with Crippen molar-refractivity contribution < 1.29 is 19.0 Å². The highest BCUT2D eigenvalue weighted by atomic mass is 28.3. The van der Waals surface area contributed by atoms with Crippen LogP contribution in [0.25, 0.3) is 22.2 Å². The summed E-state index contributed by atoms with van der Waals surface area (Å²) >= 11 is 0. The number of ether oxygens (including phenoxy) is 3. The molecule has 2 aliphatic heterocycles. The third kappa shape index (κ3) is 6.58. The molecule has 0 N–H and O–H groups in total. The quantitative estimate of drug-likeness (QED) is 0.188. The second-order valence-corrected chi connectivity index (χ2v) is 17.5. The van der Waals surface area contributed by atoms with E-state index in [9.17, 15) is 4.79 Å². The number of pyridine rings is 2. The minimum atomic E-state index is -1.12. The molecular weight excluding hydrogens is 536 g/mol. The lowest BCUT2D eigenvalue weighted by Gasteiger charge is -2.35. The Labute approximate surface area is 240 Å². The van der Waals surface area contributed by atoms with Crippen LogP contribution in [0.3, 0.4) is 0 Å². The monoisotopic (exact) mass is 572 g/mol. The Kier molecular flexibility index (Phi) is 7.74. The summed E-state index contributed by atoms with van der Waals surface area (Å²) < 4.78 is 19.0. The van der Waals surface area contributed by atoms with Crippen molar-refractivity contribution in [3.05, 3.63) is 66.6 Å². The van der Waals surface area contributed by atoms with Crippen molar-refractivity contribution in [2.24, 2.45) is 0 Å². The number of hydrogen-bond acceptors (Lipinski definition) is 8. The van der Waals surface area contributed by atoms with E-state index in [-0.39, 0.29) is 12.1 Å². The largest absolute Gasteiger partial charge is 0.447 e. The molecule has 10 nitrogen and oxygen atoms in total. The molecule has 1 unspecified atom stereocenters. The van der Waals surface area contributed by atoms with Crippen LogP contribution in [0.2, 0.25) is 25.7 Å². The normalized spacial score (nSPS) is 17.6. The van der Waals surface area contributed by atoms with E-state index >= 15 is 0 Å². The highest BCUT2D eigenvalue weighted by Gasteiger charge is 2.37. The first-order valence-corrected chi connectivity index (χ1v) is 17.8. The standard InChI is InChI=1S/C30H36N6O4Si/c1-41(2,3)15-14-38-21-36-28(10-11-32-36)23-5-9-29(31-17-23)40-26-7-8-27-22(16-26)4-6-24(33-27)18-34-12-13-35-25(19-34)20-39-30(35)37/h4-11,16-17,25H,12-15,18-21H2,1-3H3. The molecule has 5 heterocycles. The lowest BCUT2D eigenvalue weighted by Crippen LogP contribution is -2.51. The Morgan fingerprint density at radius 1 is 1.07 bits per heavy atom. The van der Waals surface area contributed by atoms with Crippen LogP contribution in [-0.2, 0) is 22.7 Å². The zero-order valence-electron chi connectivity index (χ0n) is 23.8. The van der Waals surface area contributed by atoms with Crippen LogP contribution in [0.15, 0.2) is 60.9 Å². The fraction of sp³-hybridized carbons (Fsp3) is 0.400. The summed E-state index contributed by atoms with van der Waals surface area (Å²) in [6, 6.07) is 17.1. The van der Waals surface area contributed by atoms with Gasteiger partial charge >= 0.3 is 6.09 Å². The van der Waals surface area contributed by atoms with Crippen LogP contribution in [0.5, 0.6) is 11.6 Å². The van der Waals surface area contributed by atoms with E-state index in [2.05, 4.69) is 46.8 Å². The molecule has 0 bridgehead atoms. The van der Waals surface area contributed by atoms with Crippen molar-refractivity contribution >= 4 is 25.1 Å². The molecule has 6 rings (SSSR count). The minimum Gasteiger partial charge on any atom is -0.447 e. The van der Waals surface area contributed by atoms with Gasteiger partial charge < -0.3 is 14.2 Å². The Morgan fingerprint density at radius 2 is 1.98 bits per heavy atom. The lowest BCUT2D eigenvalue weighted by atomic mass is 10.1. The predicted octanol–water partition coefficient (Wildman–Crippen LogP) is 5.23. The average molecular weight is 573 g/mol. The molecule has 11 heteroatoms. The summed E-state index contributed by atoms with van der Waals surface area (Å²) in [6.45, 7) is 11.7. The number of rotatable bonds is 10. The second kappa shape index (κ2) is 11.6. The molecule has 2 fully saturated rings. The van der Waals surface area contributed by atoms with Gasteiger partial charge in [-0.2, -0.15) is 5.10 Å². The maximum Gasteiger partial charge on any atom is 0.410 e. The second-order valence-electron chi connectivity index (χ2n) is 11.9. The summed E-state index contributed by atoms with van der Waals surface area (Å²) in [5.74, 6) is 1.22. The van der Waals surface area contributed by atoms with Crippen molar-refractivity contribution in [2.75, 3.05) is 32.8 Å².